The van der Waals surface area contributed by atoms with Gasteiger partial charge in [0, 0.05) is 13.2 Å². The smallest absolute Gasteiger partial charge is 0.341 e. The second kappa shape index (κ2) is 5.43. The van der Waals surface area contributed by atoms with Crippen molar-refractivity contribution in [3.8, 4) is 11.6 Å². The van der Waals surface area contributed by atoms with Gasteiger partial charge in [0.05, 0.1) is 29.4 Å². The van der Waals surface area contributed by atoms with Crippen LogP contribution in [0.2, 0.25) is 0 Å². The molecule has 0 spiro atoms. The van der Waals surface area contributed by atoms with Crippen molar-refractivity contribution >= 4 is 27.5 Å². The maximum atomic E-state index is 12.4. The second-order valence-corrected chi connectivity index (χ2v) is 5.81. The number of ether oxygens (including phenoxy) is 1. The van der Waals surface area contributed by atoms with E-state index in [4.69, 9.17) is 4.74 Å². The Morgan fingerprint density at radius 1 is 1.48 bits per heavy atom. The molecule has 0 fully saturated rings. The van der Waals surface area contributed by atoms with Crippen molar-refractivity contribution in [2.75, 3.05) is 7.11 Å². The van der Waals surface area contributed by atoms with Crippen LogP contribution < -0.4 is 10.3 Å². The number of aryl methyl sites for hydroxylation is 1. The van der Waals surface area contributed by atoms with Crippen molar-refractivity contribution in [2.45, 2.75) is 6.54 Å². The fourth-order valence-corrected chi connectivity index (χ4v) is 3.41. The molecule has 0 aliphatic carbocycles. The summed E-state index contributed by atoms with van der Waals surface area (Å²) < 4.78 is 8.37. The van der Waals surface area contributed by atoms with E-state index in [2.05, 4.69) is 5.10 Å². The highest BCUT2D eigenvalue weighted by atomic mass is 32.1. The molecule has 0 radical (unpaired) electrons. The van der Waals surface area contributed by atoms with Crippen molar-refractivity contribution in [1.29, 1.82) is 0 Å². The number of hydrogen-bond donors (Lipinski definition) is 2. The number of carbonyl (C=O) groups is 1. The predicted molar refractivity (Wildman–Crippen MR) is 83.6 cm³/mol. The lowest BCUT2D eigenvalue weighted by molar-refractivity contribution is 0.0695. The Balaban J connectivity index is 2.24. The molecule has 9 heteroatoms. The van der Waals surface area contributed by atoms with Crippen LogP contribution in [-0.4, -0.2) is 37.6 Å². The van der Waals surface area contributed by atoms with Crippen LogP contribution in [0.4, 0.5) is 0 Å². The van der Waals surface area contributed by atoms with Crippen LogP contribution in [0.1, 0.15) is 15.9 Å². The van der Waals surface area contributed by atoms with Crippen LogP contribution >= 0.6 is 11.3 Å². The van der Waals surface area contributed by atoms with Crippen molar-refractivity contribution in [1.82, 2.24) is 14.3 Å². The Labute approximate surface area is 133 Å². The van der Waals surface area contributed by atoms with Crippen molar-refractivity contribution in [3.63, 3.8) is 0 Å². The molecule has 23 heavy (non-hydrogen) atoms. The minimum absolute atomic E-state index is 0.108. The summed E-state index contributed by atoms with van der Waals surface area (Å²) in [4.78, 5) is 23.7. The molecule has 0 bridgehead atoms. The number of carboxylic acid groups (broad SMARTS) is 1. The molecule has 2 N–H and O–H groups in total. The molecule has 3 aromatic heterocycles. The fourth-order valence-electron chi connectivity index (χ4n) is 2.48. The Hall–Kier alpha value is -2.81. The zero-order chi connectivity index (χ0) is 16.7. The molecular formula is C14H13N3O5S. The normalized spacial score (nSPS) is 11.0. The summed E-state index contributed by atoms with van der Waals surface area (Å²) in [6.07, 6.45) is 1.70. The number of thiophene rings is 1. The Morgan fingerprint density at radius 2 is 2.22 bits per heavy atom. The van der Waals surface area contributed by atoms with Crippen LogP contribution in [0.25, 0.3) is 10.2 Å². The highest BCUT2D eigenvalue weighted by Crippen LogP contribution is 2.29. The number of aromatic carboxylic acids is 1. The van der Waals surface area contributed by atoms with E-state index in [1.54, 1.807) is 29.4 Å². The maximum Gasteiger partial charge on any atom is 0.341 e. The predicted octanol–water partition coefficient (Wildman–Crippen LogP) is 1.26. The van der Waals surface area contributed by atoms with Gasteiger partial charge in [-0.2, -0.15) is 0 Å². The average molecular weight is 335 g/mol. The van der Waals surface area contributed by atoms with Gasteiger partial charge in [0.2, 0.25) is 5.88 Å². The largest absolute Gasteiger partial charge is 0.502 e. The topological polar surface area (TPSA) is 107 Å². The van der Waals surface area contributed by atoms with E-state index in [0.29, 0.717) is 21.7 Å². The van der Waals surface area contributed by atoms with Gasteiger partial charge in [-0.15, -0.1) is 16.4 Å². The quantitative estimate of drug-likeness (QED) is 0.743. The van der Waals surface area contributed by atoms with Crippen LogP contribution in [0, 0.1) is 0 Å². The number of pyridine rings is 1. The highest BCUT2D eigenvalue weighted by molar-refractivity contribution is 7.17. The second-order valence-electron chi connectivity index (χ2n) is 4.89. The van der Waals surface area contributed by atoms with Crippen LogP contribution in [0.15, 0.2) is 22.4 Å². The molecule has 3 aromatic rings. The molecule has 0 saturated carbocycles. The third kappa shape index (κ3) is 2.34. The van der Waals surface area contributed by atoms with Crippen LogP contribution in [0.3, 0.4) is 0 Å². The zero-order valence-electron chi connectivity index (χ0n) is 12.3. The van der Waals surface area contributed by atoms with E-state index >= 15 is 0 Å². The van der Waals surface area contributed by atoms with Gasteiger partial charge in [0.25, 0.3) is 5.56 Å². The van der Waals surface area contributed by atoms with Gasteiger partial charge < -0.3 is 14.9 Å². The SMILES string of the molecule is COc1nn(C)cc1Cn1c(=O)c(O)c(C(=O)O)c2sccc21. The number of carboxylic acids is 1. The Kier molecular flexibility index (Phi) is 3.57. The number of aromatic hydroxyl groups is 1. The van der Waals surface area contributed by atoms with Crippen molar-refractivity contribution in [2.24, 2.45) is 7.05 Å². The minimum Gasteiger partial charge on any atom is -0.502 e. The average Bonchev–Trinajstić information content (AvgIpc) is 3.09. The lowest BCUT2D eigenvalue weighted by Crippen LogP contribution is -2.22. The first-order valence-corrected chi connectivity index (χ1v) is 7.44. The molecule has 120 valence electrons. The zero-order valence-corrected chi connectivity index (χ0v) is 13.1. The molecular weight excluding hydrogens is 322 g/mol. The number of aromatic nitrogens is 3. The number of rotatable bonds is 4. The van der Waals surface area contributed by atoms with E-state index in [1.165, 1.54) is 11.7 Å². The monoisotopic (exact) mass is 335 g/mol. The van der Waals surface area contributed by atoms with Gasteiger partial charge in [-0.3, -0.25) is 14.0 Å². The van der Waals surface area contributed by atoms with E-state index in [1.807, 2.05) is 0 Å². The van der Waals surface area contributed by atoms with Gasteiger partial charge in [-0.1, -0.05) is 0 Å². The molecule has 8 nitrogen and oxygen atoms in total. The summed E-state index contributed by atoms with van der Waals surface area (Å²) in [7, 11) is 3.19. The molecule has 0 unspecified atom stereocenters. The van der Waals surface area contributed by atoms with Crippen molar-refractivity contribution in [3.05, 3.63) is 39.1 Å². The Morgan fingerprint density at radius 3 is 2.87 bits per heavy atom. The van der Waals surface area contributed by atoms with Crippen molar-refractivity contribution < 1.29 is 19.7 Å². The van der Waals surface area contributed by atoms with E-state index in [9.17, 15) is 19.8 Å². The molecule has 0 aliphatic rings. The first-order chi connectivity index (χ1) is 10.9. The van der Waals surface area contributed by atoms with Gasteiger partial charge in [-0.05, 0) is 11.4 Å². The molecule has 0 atom stereocenters. The molecule has 0 aromatic carbocycles. The van der Waals surface area contributed by atoms with Gasteiger partial charge in [-0.25, -0.2) is 4.79 Å². The summed E-state index contributed by atoms with van der Waals surface area (Å²) in [6, 6.07) is 1.65. The Bertz CT molecular complexity index is 969. The van der Waals surface area contributed by atoms with Crippen LogP contribution in [0.5, 0.6) is 11.6 Å². The summed E-state index contributed by atoms with van der Waals surface area (Å²) in [5.41, 5.74) is -0.0400. The van der Waals surface area contributed by atoms with Gasteiger partial charge in [0.1, 0.15) is 5.56 Å². The number of methoxy groups -OCH3 is 1. The fraction of sp³-hybridized carbons (Fsp3) is 0.214. The lowest BCUT2D eigenvalue weighted by Gasteiger charge is -2.10. The van der Waals surface area contributed by atoms with Crippen LogP contribution in [-0.2, 0) is 13.6 Å². The molecule has 0 saturated heterocycles. The third-order valence-corrected chi connectivity index (χ3v) is 4.37. The standard InChI is InChI=1S/C14H13N3O5S/c1-16-5-7(12(15-16)22-2)6-17-8-3-4-23-11(8)9(14(20)21)10(18)13(17)19/h3-5,18H,6H2,1-2H3,(H,20,21). The summed E-state index contributed by atoms with van der Waals surface area (Å²) in [5.74, 6) is -1.74. The molecule has 0 aliphatic heterocycles. The minimum atomic E-state index is -1.34. The third-order valence-electron chi connectivity index (χ3n) is 3.45. The molecule has 0 amide bonds. The maximum absolute atomic E-state index is 12.4. The van der Waals surface area contributed by atoms with E-state index < -0.39 is 17.3 Å². The van der Waals surface area contributed by atoms with E-state index in [-0.39, 0.29) is 12.1 Å². The summed E-state index contributed by atoms with van der Waals surface area (Å²) >= 11 is 1.15. The highest BCUT2D eigenvalue weighted by Gasteiger charge is 2.23. The first kappa shape index (κ1) is 15.1. The number of nitrogens with zero attached hydrogens (tertiary/aromatic N) is 3. The lowest BCUT2D eigenvalue weighted by atomic mass is 10.2. The molecule has 3 heterocycles. The number of fused-ring (bicyclic) bond motifs is 1. The molecule has 3 rings (SSSR count). The number of hydrogen-bond acceptors (Lipinski definition) is 6. The first-order valence-electron chi connectivity index (χ1n) is 6.56. The van der Waals surface area contributed by atoms with E-state index in [0.717, 1.165) is 11.3 Å². The summed E-state index contributed by atoms with van der Waals surface area (Å²) in [5, 5.41) is 25.0. The summed E-state index contributed by atoms with van der Waals surface area (Å²) in [6.45, 7) is 0.108. The van der Waals surface area contributed by atoms with Gasteiger partial charge in [0.15, 0.2) is 5.75 Å². The van der Waals surface area contributed by atoms with Gasteiger partial charge >= 0.3 is 5.97 Å².